The van der Waals surface area contributed by atoms with E-state index < -0.39 is 9.95 Å². The molecule has 0 spiro atoms. The minimum Gasteiger partial charge on any atom is -0.397 e. The average Bonchev–Trinajstić information content (AvgIpc) is 2.57. The Kier molecular flexibility index (Phi) is 5.15. The summed E-state index contributed by atoms with van der Waals surface area (Å²) >= 11 is 0. The number of quaternary nitrogens is 2. The van der Waals surface area contributed by atoms with Crippen LogP contribution >= 0.6 is 0 Å². The van der Waals surface area contributed by atoms with E-state index in [2.05, 4.69) is 0 Å². The zero-order valence-electron chi connectivity index (χ0n) is 15.7. The lowest BCUT2D eigenvalue weighted by Crippen LogP contribution is -2.68. The van der Waals surface area contributed by atoms with Crippen LogP contribution in [0.3, 0.4) is 0 Å². The van der Waals surface area contributed by atoms with Gasteiger partial charge in [-0.15, -0.1) is 0 Å². The van der Waals surface area contributed by atoms with E-state index in [1.807, 2.05) is 0 Å². The highest BCUT2D eigenvalue weighted by atomic mass is 16.8. The van der Waals surface area contributed by atoms with Crippen molar-refractivity contribution in [1.29, 1.82) is 0 Å². The van der Waals surface area contributed by atoms with Crippen LogP contribution in [0, 0.1) is 6.92 Å². The maximum atomic E-state index is 6.18. The molecule has 0 aromatic heterocycles. The van der Waals surface area contributed by atoms with Gasteiger partial charge < -0.3 is 34.4 Å². The molecule has 0 heterocycles. The summed E-state index contributed by atoms with van der Waals surface area (Å²) in [7, 11) is 0. The number of nitrogens with zero attached hydrogens (tertiary/aromatic N) is 2. The number of hydrogen-bond acceptors (Lipinski definition) is 14. The van der Waals surface area contributed by atoms with Crippen molar-refractivity contribution in [2.24, 2.45) is 35.1 Å². The van der Waals surface area contributed by atoms with Gasteiger partial charge in [-0.2, -0.15) is 0 Å². The molecule has 0 aliphatic rings. The van der Waals surface area contributed by atoms with Crippen LogP contribution in [0.1, 0.15) is 5.56 Å². The second-order valence-corrected chi connectivity index (χ2v) is 6.47. The van der Waals surface area contributed by atoms with E-state index in [0.717, 1.165) is 0 Å². The van der Waals surface area contributed by atoms with Gasteiger partial charge in [0.25, 0.3) is 0 Å². The predicted octanol–water partition coefficient (Wildman–Crippen LogP) is -3.38. The molecule has 0 saturated heterocycles. The van der Waals surface area contributed by atoms with Crippen LogP contribution < -0.4 is 79.1 Å². The van der Waals surface area contributed by atoms with E-state index in [1.54, 1.807) is 6.92 Å². The van der Waals surface area contributed by atoms with Gasteiger partial charge in [0, 0.05) is 5.56 Å². The molecule has 0 bridgehead atoms. The standard InChI is InChI=1S/C13H28N14O2/c1-3-2-4(12(10(18)6(3)14)28-26(20,21)22)5-7(15)8(16)9(17)11(19)13(5)29-27(23,24)25/h2H,14-25H2,1H3/q+2. The number of anilines is 6. The molecule has 0 radical (unpaired) electrons. The third kappa shape index (κ3) is 4.18. The number of nitrogens with two attached hydrogens (primary N) is 12. The van der Waals surface area contributed by atoms with Crippen molar-refractivity contribution >= 4 is 34.1 Å². The lowest BCUT2D eigenvalue weighted by atomic mass is 9.95. The molecule has 2 rings (SSSR count). The molecule has 16 heteroatoms. The molecular weight excluding hydrogens is 384 g/mol. The van der Waals surface area contributed by atoms with Crippen LogP contribution in [0.4, 0.5) is 34.1 Å². The summed E-state index contributed by atoms with van der Waals surface area (Å²) in [6, 6.07) is 1.53. The molecular formula is C13H28N14O2+2. The molecule has 0 fully saturated rings. The maximum Gasteiger partial charge on any atom is 0.233 e. The Hall–Kier alpha value is -3.48. The Morgan fingerprint density at radius 3 is 1.48 bits per heavy atom. The topological polar surface area (TPSA) is 331 Å². The van der Waals surface area contributed by atoms with E-state index in [0.29, 0.717) is 5.56 Å². The molecule has 0 saturated carbocycles. The lowest BCUT2D eigenvalue weighted by molar-refractivity contribution is -1.11. The molecule has 29 heavy (non-hydrogen) atoms. The molecule has 0 amide bonds. The summed E-state index contributed by atoms with van der Waals surface area (Å²) in [4.78, 5) is 7.77. The van der Waals surface area contributed by atoms with Gasteiger partial charge in [-0.1, -0.05) is 35.1 Å². The maximum absolute atomic E-state index is 6.18. The highest BCUT2D eigenvalue weighted by Crippen LogP contribution is 2.52. The fraction of sp³-hybridized carbons (Fsp3) is 0.0769. The highest BCUT2D eigenvalue weighted by Gasteiger charge is 2.32. The van der Waals surface area contributed by atoms with E-state index in [1.165, 1.54) is 6.07 Å². The van der Waals surface area contributed by atoms with Gasteiger partial charge in [0.05, 0.1) is 38.3 Å². The summed E-state index contributed by atoms with van der Waals surface area (Å²) in [5.41, 5.74) is 36.7. The summed E-state index contributed by atoms with van der Waals surface area (Å²) in [5.74, 6) is 32.7. The zero-order chi connectivity index (χ0) is 22.5. The van der Waals surface area contributed by atoms with Gasteiger partial charge in [-0.25, -0.2) is 9.68 Å². The fourth-order valence-electron chi connectivity index (χ4n) is 2.61. The fourth-order valence-corrected chi connectivity index (χ4v) is 2.61. The van der Waals surface area contributed by atoms with Crippen molar-refractivity contribution in [2.75, 3.05) is 34.4 Å². The summed E-state index contributed by atoms with van der Waals surface area (Å²) in [6.07, 6.45) is 0. The number of hydrogen-bond donors (Lipinski definition) is 12. The Balaban J connectivity index is 3.01. The number of benzene rings is 2. The molecule has 160 valence electrons. The summed E-state index contributed by atoms with van der Waals surface area (Å²) in [6.45, 7) is 1.67. The molecule has 0 atom stereocenters. The molecule has 0 aliphatic carbocycles. The molecule has 0 unspecified atom stereocenters. The summed E-state index contributed by atoms with van der Waals surface area (Å²) in [5, 5.41) is 0. The van der Waals surface area contributed by atoms with Crippen LogP contribution in [-0.2, 0) is 0 Å². The van der Waals surface area contributed by atoms with E-state index in [-0.39, 0.29) is 56.8 Å². The first-order valence-corrected chi connectivity index (χ1v) is 7.88. The predicted molar refractivity (Wildman–Crippen MR) is 110 cm³/mol. The Bertz CT molecular complexity index is 962. The van der Waals surface area contributed by atoms with Crippen molar-refractivity contribution in [2.45, 2.75) is 6.92 Å². The quantitative estimate of drug-likeness (QED) is 0.0985. The third-order valence-electron chi connectivity index (χ3n) is 3.94. The molecule has 2 aromatic carbocycles. The highest BCUT2D eigenvalue weighted by molar-refractivity contribution is 6.04. The van der Waals surface area contributed by atoms with Crippen molar-refractivity contribution in [3.05, 3.63) is 11.6 Å². The number of nitrogen functional groups attached to an aromatic ring is 6. The zero-order valence-corrected chi connectivity index (χ0v) is 15.7. The Morgan fingerprint density at radius 2 is 1.00 bits per heavy atom. The number of aryl methyl sites for hydroxylation is 1. The van der Waals surface area contributed by atoms with E-state index in [9.17, 15) is 0 Å². The van der Waals surface area contributed by atoms with Crippen molar-refractivity contribution < 1.29 is 19.6 Å². The first-order chi connectivity index (χ1) is 13.0. The first kappa shape index (κ1) is 21.8. The van der Waals surface area contributed by atoms with Gasteiger partial charge in [0.1, 0.15) is 11.4 Å². The Morgan fingerprint density at radius 1 is 0.586 bits per heavy atom. The van der Waals surface area contributed by atoms with Gasteiger partial charge in [-0.3, -0.25) is 0 Å². The van der Waals surface area contributed by atoms with Gasteiger partial charge >= 0.3 is 0 Å². The second-order valence-electron chi connectivity index (χ2n) is 6.47. The minimum atomic E-state index is -1.47. The van der Waals surface area contributed by atoms with Crippen molar-refractivity contribution in [3.63, 3.8) is 0 Å². The molecule has 0 aliphatic heterocycles. The lowest BCUT2D eigenvalue weighted by Gasteiger charge is -2.25. The molecule has 2 aromatic rings. The van der Waals surface area contributed by atoms with E-state index >= 15 is 0 Å². The van der Waals surface area contributed by atoms with Gasteiger partial charge in [0.2, 0.25) is 11.5 Å². The summed E-state index contributed by atoms with van der Waals surface area (Å²) < 4.78 is 0. The second kappa shape index (κ2) is 6.84. The smallest absolute Gasteiger partial charge is 0.233 e. The van der Waals surface area contributed by atoms with E-state index in [4.69, 9.17) is 79.1 Å². The first-order valence-electron chi connectivity index (χ1n) is 7.88. The number of rotatable bonds is 5. The molecule has 24 N–H and O–H groups in total. The van der Waals surface area contributed by atoms with Crippen LogP contribution in [0.25, 0.3) is 11.1 Å². The van der Waals surface area contributed by atoms with Crippen molar-refractivity contribution in [3.8, 4) is 22.6 Å². The molecule has 16 nitrogen and oxygen atoms in total. The Labute approximate surface area is 165 Å². The van der Waals surface area contributed by atoms with Crippen LogP contribution in [-0.4, -0.2) is 9.95 Å². The monoisotopic (exact) mass is 412 g/mol. The van der Waals surface area contributed by atoms with Crippen LogP contribution in [0.15, 0.2) is 6.07 Å². The third-order valence-corrected chi connectivity index (χ3v) is 3.94. The van der Waals surface area contributed by atoms with Crippen molar-refractivity contribution in [1.82, 2.24) is 0 Å². The average molecular weight is 412 g/mol. The normalized spacial score (nSPS) is 12.1. The van der Waals surface area contributed by atoms with Crippen LogP contribution in [0.2, 0.25) is 0 Å². The van der Waals surface area contributed by atoms with Crippen LogP contribution in [0.5, 0.6) is 11.5 Å². The van der Waals surface area contributed by atoms with Gasteiger partial charge in [-0.05, 0) is 18.6 Å². The largest absolute Gasteiger partial charge is 0.397 e. The SMILES string of the molecule is Cc1cc(-c2c(N)c(N)c(N)c(N)c2O[N+](N)(N)N)c(O[N+](N)(N)N)c(N)c1N. The van der Waals surface area contributed by atoms with Gasteiger partial charge in [0.15, 0.2) is 0 Å². The minimum absolute atomic E-state index is 0.0382.